The van der Waals surface area contributed by atoms with Crippen LogP contribution in [0.1, 0.15) is 66.7 Å². The SMILES string of the molecule is CC1CC2CC(C)CC(NCCNC(=O)OC(C)(C)C)(C1)C2. The zero-order chi connectivity index (χ0) is 16.4. The highest BCUT2D eigenvalue weighted by Gasteiger charge is 2.43. The molecule has 1 amide bonds. The maximum atomic E-state index is 11.7. The lowest BCUT2D eigenvalue weighted by molar-refractivity contribution is 0.0484. The van der Waals surface area contributed by atoms with E-state index in [0.29, 0.717) is 12.1 Å². The van der Waals surface area contributed by atoms with Gasteiger partial charge in [-0.25, -0.2) is 4.79 Å². The second-order valence-electron chi connectivity index (χ2n) is 8.80. The number of rotatable bonds is 4. The molecule has 0 aromatic heterocycles. The molecular weight excluding hydrogens is 276 g/mol. The Morgan fingerprint density at radius 2 is 1.68 bits per heavy atom. The molecule has 2 atom stereocenters. The highest BCUT2D eigenvalue weighted by molar-refractivity contribution is 5.67. The lowest BCUT2D eigenvalue weighted by Crippen LogP contribution is -2.55. The predicted molar refractivity (Wildman–Crippen MR) is 89.9 cm³/mol. The summed E-state index contributed by atoms with van der Waals surface area (Å²) in [5, 5.41) is 6.62. The summed E-state index contributed by atoms with van der Waals surface area (Å²) in [5.74, 6) is 2.52. The summed E-state index contributed by atoms with van der Waals surface area (Å²) in [6.07, 6.45) is 6.33. The molecule has 2 N–H and O–H groups in total. The Hall–Kier alpha value is -0.770. The number of carbonyl (C=O) groups is 1. The van der Waals surface area contributed by atoms with Gasteiger partial charge in [-0.15, -0.1) is 0 Å². The summed E-state index contributed by atoms with van der Waals surface area (Å²) in [7, 11) is 0. The van der Waals surface area contributed by atoms with Gasteiger partial charge in [0.1, 0.15) is 5.60 Å². The number of nitrogens with one attached hydrogen (secondary N) is 2. The van der Waals surface area contributed by atoms with Crippen LogP contribution >= 0.6 is 0 Å². The molecule has 0 spiro atoms. The summed E-state index contributed by atoms with van der Waals surface area (Å²) in [4.78, 5) is 11.7. The summed E-state index contributed by atoms with van der Waals surface area (Å²) in [5.41, 5.74) is -0.128. The molecule has 0 saturated heterocycles. The maximum absolute atomic E-state index is 11.7. The highest BCUT2D eigenvalue weighted by atomic mass is 16.6. The zero-order valence-corrected chi connectivity index (χ0v) is 15.0. The summed E-state index contributed by atoms with van der Waals surface area (Å²) >= 11 is 0. The normalized spacial score (nSPS) is 35.0. The summed E-state index contributed by atoms with van der Waals surface area (Å²) < 4.78 is 5.27. The van der Waals surface area contributed by atoms with E-state index < -0.39 is 5.60 Å². The Morgan fingerprint density at radius 3 is 2.23 bits per heavy atom. The van der Waals surface area contributed by atoms with Crippen molar-refractivity contribution >= 4 is 6.09 Å². The molecule has 4 nitrogen and oxygen atoms in total. The Labute approximate surface area is 135 Å². The van der Waals surface area contributed by atoms with E-state index in [1.807, 2.05) is 20.8 Å². The van der Waals surface area contributed by atoms with Crippen LogP contribution < -0.4 is 10.6 Å². The molecule has 2 bridgehead atoms. The van der Waals surface area contributed by atoms with Crippen LogP contribution in [0.2, 0.25) is 0 Å². The summed E-state index contributed by atoms with van der Waals surface area (Å²) in [6, 6.07) is 0. The molecule has 0 aromatic carbocycles. The molecule has 2 aliphatic rings. The monoisotopic (exact) mass is 310 g/mol. The molecule has 2 aliphatic carbocycles. The van der Waals surface area contributed by atoms with Crippen LogP contribution in [0.4, 0.5) is 4.79 Å². The number of carbonyl (C=O) groups excluding carboxylic acids is 1. The quantitative estimate of drug-likeness (QED) is 0.778. The van der Waals surface area contributed by atoms with E-state index in [9.17, 15) is 4.79 Å². The number of amides is 1. The van der Waals surface area contributed by atoms with Crippen molar-refractivity contribution < 1.29 is 9.53 Å². The van der Waals surface area contributed by atoms with E-state index >= 15 is 0 Å². The Balaban J connectivity index is 1.76. The first-order chi connectivity index (χ1) is 10.2. The van der Waals surface area contributed by atoms with Gasteiger partial charge in [0, 0.05) is 18.6 Å². The molecule has 22 heavy (non-hydrogen) atoms. The summed E-state index contributed by atoms with van der Waals surface area (Å²) in [6.45, 7) is 11.9. The molecule has 128 valence electrons. The van der Waals surface area contributed by atoms with Crippen molar-refractivity contribution in [1.29, 1.82) is 0 Å². The first kappa shape index (κ1) is 17.6. The van der Waals surface area contributed by atoms with E-state index in [4.69, 9.17) is 4.74 Å². The van der Waals surface area contributed by atoms with Crippen LogP contribution in [0.5, 0.6) is 0 Å². The van der Waals surface area contributed by atoms with Crippen LogP contribution in [0, 0.1) is 17.8 Å². The number of hydrogen-bond donors (Lipinski definition) is 2. The third-order valence-corrected chi connectivity index (χ3v) is 4.92. The van der Waals surface area contributed by atoms with Crippen LogP contribution in [0.25, 0.3) is 0 Å². The average molecular weight is 310 g/mol. The minimum atomic E-state index is -0.430. The number of ether oxygens (including phenoxy) is 1. The maximum Gasteiger partial charge on any atom is 0.407 e. The largest absolute Gasteiger partial charge is 0.444 e. The van der Waals surface area contributed by atoms with Gasteiger partial charge in [0.25, 0.3) is 0 Å². The van der Waals surface area contributed by atoms with Gasteiger partial charge in [-0.05, 0) is 70.6 Å². The van der Waals surface area contributed by atoms with Crippen molar-refractivity contribution in [2.75, 3.05) is 13.1 Å². The Morgan fingerprint density at radius 1 is 1.09 bits per heavy atom. The molecule has 0 aliphatic heterocycles. The van der Waals surface area contributed by atoms with Gasteiger partial charge in [-0.1, -0.05) is 13.8 Å². The fourth-order valence-electron chi connectivity index (χ4n) is 4.73. The van der Waals surface area contributed by atoms with Crippen LogP contribution in [0.3, 0.4) is 0 Å². The molecule has 2 rings (SSSR count). The number of fused-ring (bicyclic) bond motifs is 2. The first-order valence-corrected chi connectivity index (χ1v) is 8.89. The molecular formula is C18H34N2O2. The standard InChI is InChI=1S/C18H34N2O2/c1-13-8-15-9-14(2)11-18(10-13,12-15)20-7-6-19-16(21)22-17(3,4)5/h13-15,20H,6-12H2,1-5H3,(H,19,21). The van der Waals surface area contributed by atoms with Crippen LogP contribution in [-0.2, 0) is 4.74 Å². The Kier molecular flexibility index (Phi) is 5.41. The van der Waals surface area contributed by atoms with Gasteiger partial charge in [0.15, 0.2) is 0 Å². The minimum absolute atomic E-state index is 0.301. The number of alkyl carbamates (subject to hydrolysis) is 1. The van der Waals surface area contributed by atoms with Crippen molar-refractivity contribution in [3.8, 4) is 0 Å². The number of hydrogen-bond acceptors (Lipinski definition) is 3. The predicted octanol–water partition coefficient (Wildman–Crippen LogP) is 3.71. The van der Waals surface area contributed by atoms with Crippen LogP contribution in [0.15, 0.2) is 0 Å². The minimum Gasteiger partial charge on any atom is -0.444 e. The second-order valence-corrected chi connectivity index (χ2v) is 8.80. The van der Waals surface area contributed by atoms with E-state index in [2.05, 4.69) is 24.5 Å². The van der Waals surface area contributed by atoms with Gasteiger partial charge in [-0.2, -0.15) is 0 Å². The van der Waals surface area contributed by atoms with Crippen molar-refractivity contribution in [1.82, 2.24) is 10.6 Å². The van der Waals surface area contributed by atoms with Crippen molar-refractivity contribution in [3.63, 3.8) is 0 Å². The third-order valence-electron chi connectivity index (χ3n) is 4.92. The van der Waals surface area contributed by atoms with E-state index in [1.54, 1.807) is 0 Å². The molecule has 0 radical (unpaired) electrons. The molecule has 2 fully saturated rings. The van der Waals surface area contributed by atoms with Crippen LogP contribution in [-0.4, -0.2) is 30.3 Å². The highest BCUT2D eigenvalue weighted by Crippen LogP contribution is 2.47. The fourth-order valence-corrected chi connectivity index (χ4v) is 4.73. The molecule has 0 heterocycles. The van der Waals surface area contributed by atoms with Crippen molar-refractivity contribution in [2.45, 2.75) is 77.9 Å². The average Bonchev–Trinajstić information content (AvgIpc) is 2.30. The van der Waals surface area contributed by atoms with Crippen molar-refractivity contribution in [3.05, 3.63) is 0 Å². The smallest absolute Gasteiger partial charge is 0.407 e. The molecule has 2 unspecified atom stereocenters. The Bertz CT molecular complexity index is 370. The zero-order valence-electron chi connectivity index (χ0n) is 15.0. The fraction of sp³-hybridized carbons (Fsp3) is 0.944. The lowest BCUT2D eigenvalue weighted by Gasteiger charge is -2.50. The van der Waals surface area contributed by atoms with Gasteiger partial charge in [-0.3, -0.25) is 0 Å². The van der Waals surface area contributed by atoms with Gasteiger partial charge in [0.2, 0.25) is 0 Å². The van der Waals surface area contributed by atoms with E-state index in [0.717, 1.165) is 24.3 Å². The van der Waals surface area contributed by atoms with Gasteiger partial charge >= 0.3 is 6.09 Å². The first-order valence-electron chi connectivity index (χ1n) is 8.89. The van der Waals surface area contributed by atoms with Gasteiger partial charge in [0.05, 0.1) is 0 Å². The van der Waals surface area contributed by atoms with Gasteiger partial charge < -0.3 is 15.4 Å². The molecule has 0 aromatic rings. The second kappa shape index (κ2) is 6.77. The third kappa shape index (κ3) is 5.15. The van der Waals surface area contributed by atoms with E-state index in [-0.39, 0.29) is 6.09 Å². The molecule has 2 saturated carbocycles. The lowest BCUT2D eigenvalue weighted by atomic mass is 9.61. The topological polar surface area (TPSA) is 50.4 Å². The van der Waals surface area contributed by atoms with Crippen molar-refractivity contribution in [2.24, 2.45) is 17.8 Å². The van der Waals surface area contributed by atoms with E-state index in [1.165, 1.54) is 32.1 Å². The molecule has 4 heteroatoms.